The van der Waals surface area contributed by atoms with E-state index in [0.717, 1.165) is 13.1 Å². The quantitative estimate of drug-likeness (QED) is 0.878. The van der Waals surface area contributed by atoms with Crippen LogP contribution < -0.4 is 5.32 Å². The zero-order valence-corrected chi connectivity index (χ0v) is 12.5. The van der Waals surface area contributed by atoms with Crippen LogP contribution in [-0.2, 0) is 0 Å². The number of nitrogens with one attached hydrogen (secondary N) is 1. The van der Waals surface area contributed by atoms with E-state index in [4.69, 9.17) is 0 Å². The van der Waals surface area contributed by atoms with E-state index in [1.165, 1.54) is 37.4 Å². The van der Waals surface area contributed by atoms with Crippen molar-refractivity contribution in [3.63, 3.8) is 0 Å². The second-order valence-corrected chi connectivity index (χ2v) is 5.77. The largest absolute Gasteiger partial charge is 0.384 e. The molecule has 0 aliphatic carbocycles. The van der Waals surface area contributed by atoms with Crippen LogP contribution in [0.5, 0.6) is 0 Å². The highest BCUT2D eigenvalue weighted by Crippen LogP contribution is 2.09. The number of piperazine rings is 1. The third-order valence-corrected chi connectivity index (χ3v) is 3.91. The van der Waals surface area contributed by atoms with Crippen LogP contribution in [0.25, 0.3) is 0 Å². The topological polar surface area (TPSA) is 18.5 Å². The lowest BCUT2D eigenvalue weighted by atomic mass is 10.2. The van der Waals surface area contributed by atoms with Gasteiger partial charge in [0.1, 0.15) is 0 Å². The van der Waals surface area contributed by atoms with Gasteiger partial charge in [0.25, 0.3) is 0 Å². The first-order chi connectivity index (χ1) is 9.15. The second-order valence-electron chi connectivity index (χ2n) is 5.77. The molecular formula is C16H27N3. The summed E-state index contributed by atoms with van der Waals surface area (Å²) in [5.41, 5.74) is 2.55. The summed E-state index contributed by atoms with van der Waals surface area (Å²) in [4.78, 5) is 5.12. The van der Waals surface area contributed by atoms with Gasteiger partial charge in [-0.05, 0) is 38.5 Å². The van der Waals surface area contributed by atoms with Crippen LogP contribution in [0.2, 0.25) is 0 Å². The first-order valence-corrected chi connectivity index (χ1v) is 7.42. The van der Waals surface area contributed by atoms with Crippen LogP contribution in [0.15, 0.2) is 24.3 Å². The van der Waals surface area contributed by atoms with Crippen LogP contribution in [-0.4, -0.2) is 55.1 Å². The molecule has 1 aromatic rings. The first kappa shape index (κ1) is 14.4. The highest BCUT2D eigenvalue weighted by Gasteiger charge is 2.17. The van der Waals surface area contributed by atoms with E-state index < -0.39 is 0 Å². The summed E-state index contributed by atoms with van der Waals surface area (Å²) in [5, 5.41) is 3.51. The Morgan fingerprint density at radius 2 is 1.89 bits per heavy atom. The predicted octanol–water partition coefficient (Wildman–Crippen LogP) is 2.43. The minimum absolute atomic E-state index is 0.688. The maximum atomic E-state index is 3.51. The van der Waals surface area contributed by atoms with Crippen molar-refractivity contribution in [3.05, 3.63) is 29.8 Å². The molecule has 106 valence electrons. The van der Waals surface area contributed by atoms with Crippen molar-refractivity contribution in [1.82, 2.24) is 9.80 Å². The Kier molecular flexibility index (Phi) is 5.23. The van der Waals surface area contributed by atoms with Gasteiger partial charge >= 0.3 is 0 Å². The first-order valence-electron chi connectivity index (χ1n) is 7.42. The highest BCUT2D eigenvalue weighted by molar-refractivity contribution is 5.45. The highest BCUT2D eigenvalue weighted by atomic mass is 15.3. The van der Waals surface area contributed by atoms with Crippen LogP contribution in [0.3, 0.4) is 0 Å². The Balaban J connectivity index is 1.67. The lowest BCUT2D eigenvalue weighted by Crippen LogP contribution is -2.49. The van der Waals surface area contributed by atoms with Gasteiger partial charge in [-0.15, -0.1) is 0 Å². The number of nitrogens with zero attached hydrogens (tertiary/aromatic N) is 2. The summed E-state index contributed by atoms with van der Waals surface area (Å²) in [5.74, 6) is 0. The number of rotatable bonds is 5. The van der Waals surface area contributed by atoms with Gasteiger partial charge < -0.3 is 5.32 Å². The van der Waals surface area contributed by atoms with Gasteiger partial charge in [-0.25, -0.2) is 0 Å². The van der Waals surface area contributed by atoms with Crippen LogP contribution in [0, 0.1) is 6.92 Å². The van der Waals surface area contributed by atoms with E-state index in [9.17, 15) is 0 Å². The Morgan fingerprint density at radius 3 is 2.53 bits per heavy atom. The SMILES string of the molecule is Cc1cccc(NCCN2CCN(C(C)C)CC2)c1. The summed E-state index contributed by atoms with van der Waals surface area (Å²) in [6.45, 7) is 13.7. The van der Waals surface area contributed by atoms with Crippen molar-refractivity contribution in [2.45, 2.75) is 26.8 Å². The number of benzene rings is 1. The molecule has 0 unspecified atom stereocenters. The van der Waals surface area contributed by atoms with E-state index >= 15 is 0 Å². The molecule has 0 saturated carbocycles. The Hall–Kier alpha value is -1.06. The fourth-order valence-corrected chi connectivity index (χ4v) is 2.62. The molecule has 0 radical (unpaired) electrons. The normalized spacial score (nSPS) is 17.9. The summed E-state index contributed by atoms with van der Waals surface area (Å²) in [6, 6.07) is 9.28. The lowest BCUT2D eigenvalue weighted by Gasteiger charge is -2.36. The number of aryl methyl sites for hydroxylation is 1. The molecule has 1 N–H and O–H groups in total. The van der Waals surface area contributed by atoms with Gasteiger partial charge in [0.15, 0.2) is 0 Å². The zero-order valence-electron chi connectivity index (χ0n) is 12.5. The van der Waals surface area contributed by atoms with Crippen LogP contribution >= 0.6 is 0 Å². The number of anilines is 1. The maximum absolute atomic E-state index is 3.51. The molecule has 0 bridgehead atoms. The van der Waals surface area contributed by atoms with E-state index in [2.05, 4.69) is 60.2 Å². The minimum atomic E-state index is 0.688. The summed E-state index contributed by atoms with van der Waals surface area (Å²) in [7, 11) is 0. The van der Waals surface area contributed by atoms with E-state index in [0.29, 0.717) is 6.04 Å². The molecule has 1 heterocycles. The van der Waals surface area contributed by atoms with Gasteiger partial charge in [0.2, 0.25) is 0 Å². The average Bonchev–Trinajstić information content (AvgIpc) is 2.39. The van der Waals surface area contributed by atoms with E-state index in [-0.39, 0.29) is 0 Å². The van der Waals surface area contributed by atoms with Crippen molar-refractivity contribution >= 4 is 5.69 Å². The molecule has 1 fully saturated rings. The van der Waals surface area contributed by atoms with Crippen molar-refractivity contribution in [3.8, 4) is 0 Å². The van der Waals surface area contributed by atoms with Crippen LogP contribution in [0.4, 0.5) is 5.69 Å². The molecule has 0 spiro atoms. The molecule has 19 heavy (non-hydrogen) atoms. The lowest BCUT2D eigenvalue weighted by molar-refractivity contribution is 0.111. The molecule has 0 amide bonds. The molecule has 1 saturated heterocycles. The van der Waals surface area contributed by atoms with Crippen LogP contribution in [0.1, 0.15) is 19.4 Å². The summed E-state index contributed by atoms with van der Waals surface area (Å²) < 4.78 is 0. The van der Waals surface area contributed by atoms with Gasteiger partial charge in [0.05, 0.1) is 0 Å². The Bertz CT molecular complexity index is 381. The zero-order chi connectivity index (χ0) is 13.7. The van der Waals surface area contributed by atoms with Gasteiger partial charge in [-0.1, -0.05) is 12.1 Å². The second kappa shape index (κ2) is 6.92. The fourth-order valence-electron chi connectivity index (χ4n) is 2.62. The van der Waals surface area contributed by atoms with Gasteiger partial charge in [0, 0.05) is 51.0 Å². The van der Waals surface area contributed by atoms with Crippen molar-refractivity contribution in [1.29, 1.82) is 0 Å². The molecule has 0 aromatic heterocycles. The van der Waals surface area contributed by atoms with Gasteiger partial charge in [-0.2, -0.15) is 0 Å². The Morgan fingerprint density at radius 1 is 1.16 bits per heavy atom. The van der Waals surface area contributed by atoms with E-state index in [1.807, 2.05) is 0 Å². The molecule has 1 aromatic carbocycles. The summed E-state index contributed by atoms with van der Waals surface area (Å²) >= 11 is 0. The number of hydrogen-bond donors (Lipinski definition) is 1. The van der Waals surface area contributed by atoms with Crippen molar-refractivity contribution in [2.75, 3.05) is 44.6 Å². The van der Waals surface area contributed by atoms with Crippen molar-refractivity contribution < 1.29 is 0 Å². The molecule has 1 aliphatic rings. The monoisotopic (exact) mass is 261 g/mol. The summed E-state index contributed by atoms with van der Waals surface area (Å²) in [6.07, 6.45) is 0. The average molecular weight is 261 g/mol. The molecule has 2 rings (SSSR count). The fraction of sp³-hybridized carbons (Fsp3) is 0.625. The third-order valence-electron chi connectivity index (χ3n) is 3.91. The Labute approximate surface area is 117 Å². The standard InChI is InChI=1S/C16H27N3/c1-14(2)19-11-9-18(10-12-19)8-7-17-16-6-4-5-15(3)13-16/h4-6,13-14,17H,7-12H2,1-3H3. The molecule has 3 heteroatoms. The molecular weight excluding hydrogens is 234 g/mol. The minimum Gasteiger partial charge on any atom is -0.384 e. The molecule has 1 aliphatic heterocycles. The molecule has 3 nitrogen and oxygen atoms in total. The van der Waals surface area contributed by atoms with E-state index in [1.54, 1.807) is 0 Å². The smallest absolute Gasteiger partial charge is 0.0343 e. The van der Waals surface area contributed by atoms with Gasteiger partial charge in [-0.3, -0.25) is 9.80 Å². The number of hydrogen-bond acceptors (Lipinski definition) is 3. The maximum Gasteiger partial charge on any atom is 0.0343 e. The third kappa shape index (κ3) is 4.51. The van der Waals surface area contributed by atoms with Crippen molar-refractivity contribution in [2.24, 2.45) is 0 Å². The predicted molar refractivity (Wildman–Crippen MR) is 82.8 cm³/mol. The molecule has 0 atom stereocenters.